The Bertz CT molecular complexity index is 702. The number of likely N-dealkylation sites (tertiary alicyclic amines) is 1. The zero-order valence-corrected chi connectivity index (χ0v) is 22.7. The lowest BCUT2D eigenvalue weighted by Crippen LogP contribution is -2.47. The molecule has 0 saturated carbocycles. The molecule has 0 spiro atoms. The van der Waals surface area contributed by atoms with Gasteiger partial charge in [0.25, 0.3) is 0 Å². The molecule has 7 nitrogen and oxygen atoms in total. The third-order valence-electron chi connectivity index (χ3n) is 6.52. The van der Waals surface area contributed by atoms with Crippen molar-refractivity contribution in [3.8, 4) is 0 Å². The Kier molecular flexibility index (Phi) is 13.1. The number of esters is 1. The molecule has 1 aromatic rings. The summed E-state index contributed by atoms with van der Waals surface area (Å²) in [7, 11) is 1.84. The summed E-state index contributed by atoms with van der Waals surface area (Å²) >= 11 is 0. The molecule has 1 N–H and O–H groups in total. The second-order valence-electron chi connectivity index (χ2n) is 8.80. The molecule has 2 saturated heterocycles. The normalized spacial score (nSPS) is 18.6. The summed E-state index contributed by atoms with van der Waals surface area (Å²) in [6, 6.07) is 10.8. The van der Waals surface area contributed by atoms with E-state index < -0.39 is 0 Å². The molecule has 0 aromatic heterocycles. The van der Waals surface area contributed by atoms with Crippen LogP contribution in [0.3, 0.4) is 0 Å². The molecule has 0 atom stereocenters. The van der Waals surface area contributed by atoms with Crippen LogP contribution in [-0.2, 0) is 16.1 Å². The lowest BCUT2D eigenvalue weighted by molar-refractivity contribution is -0.149. The number of ether oxygens (including phenoxy) is 1. The van der Waals surface area contributed by atoms with Crippen molar-refractivity contribution in [3.05, 3.63) is 35.9 Å². The van der Waals surface area contributed by atoms with Gasteiger partial charge in [-0.15, -0.1) is 24.0 Å². The summed E-state index contributed by atoms with van der Waals surface area (Å²) in [6.07, 6.45) is 4.03. The molecule has 0 bridgehead atoms. The Morgan fingerprint density at radius 2 is 1.70 bits per heavy atom. The van der Waals surface area contributed by atoms with E-state index >= 15 is 0 Å². The lowest BCUT2D eigenvalue weighted by atomic mass is 9.97. The monoisotopic (exact) mass is 571 g/mol. The molecule has 2 fully saturated rings. The lowest BCUT2D eigenvalue weighted by Gasteiger charge is -2.35. The van der Waals surface area contributed by atoms with Crippen molar-refractivity contribution >= 4 is 35.9 Å². The van der Waals surface area contributed by atoms with Crippen molar-refractivity contribution in [2.24, 2.45) is 10.9 Å². The first-order valence-electron chi connectivity index (χ1n) is 12.3. The molecular weight excluding hydrogens is 529 g/mol. The SMILES string of the molecule is CCOC(=O)C1CCN(C(=NC)NCCCCN2CCN(Cc3ccccc3)CC2)CC1.I. The van der Waals surface area contributed by atoms with Gasteiger partial charge in [-0.1, -0.05) is 30.3 Å². The smallest absolute Gasteiger partial charge is 0.309 e. The van der Waals surface area contributed by atoms with E-state index in [1.54, 1.807) is 0 Å². The number of hydrogen-bond acceptors (Lipinski definition) is 5. The van der Waals surface area contributed by atoms with E-state index in [0.29, 0.717) is 6.61 Å². The maximum Gasteiger partial charge on any atom is 0.309 e. The molecule has 0 unspecified atom stereocenters. The predicted octanol–water partition coefficient (Wildman–Crippen LogP) is 3.05. The molecule has 3 rings (SSSR count). The minimum absolute atomic E-state index is 0. The summed E-state index contributed by atoms with van der Waals surface area (Å²) in [4.78, 5) is 23.8. The fourth-order valence-electron chi connectivity index (χ4n) is 4.59. The van der Waals surface area contributed by atoms with Gasteiger partial charge < -0.3 is 19.9 Å². The molecule has 0 radical (unpaired) electrons. The van der Waals surface area contributed by atoms with E-state index in [9.17, 15) is 4.79 Å². The summed E-state index contributed by atoms with van der Waals surface area (Å²) < 4.78 is 5.17. The van der Waals surface area contributed by atoms with E-state index in [0.717, 1.165) is 77.6 Å². The number of unbranched alkanes of at least 4 members (excludes halogenated alkanes) is 1. The number of aliphatic imine (C=N–C) groups is 1. The number of guanidine groups is 1. The highest BCUT2D eigenvalue weighted by atomic mass is 127. The Hall–Kier alpha value is -1.39. The minimum atomic E-state index is -0.0454. The number of carbonyl (C=O) groups is 1. The van der Waals surface area contributed by atoms with E-state index in [1.165, 1.54) is 18.5 Å². The molecule has 33 heavy (non-hydrogen) atoms. The number of halogens is 1. The average molecular weight is 572 g/mol. The van der Waals surface area contributed by atoms with Gasteiger partial charge in [0.2, 0.25) is 0 Å². The summed E-state index contributed by atoms with van der Waals surface area (Å²) in [5, 5.41) is 3.51. The van der Waals surface area contributed by atoms with Crippen LogP contribution < -0.4 is 5.32 Å². The van der Waals surface area contributed by atoms with Crippen LogP contribution >= 0.6 is 24.0 Å². The van der Waals surface area contributed by atoms with Gasteiger partial charge in [-0.05, 0) is 44.7 Å². The molecule has 0 aliphatic carbocycles. The highest BCUT2D eigenvalue weighted by molar-refractivity contribution is 14.0. The van der Waals surface area contributed by atoms with E-state index in [1.807, 2.05) is 14.0 Å². The third-order valence-corrected chi connectivity index (χ3v) is 6.52. The van der Waals surface area contributed by atoms with Gasteiger partial charge in [0, 0.05) is 59.4 Å². The summed E-state index contributed by atoms with van der Waals surface area (Å²) in [5.74, 6) is 0.954. The zero-order chi connectivity index (χ0) is 22.6. The summed E-state index contributed by atoms with van der Waals surface area (Å²) in [6.45, 7) is 11.9. The number of benzene rings is 1. The van der Waals surface area contributed by atoms with Crippen LogP contribution in [0.4, 0.5) is 0 Å². The first kappa shape index (κ1) is 27.9. The Balaban J connectivity index is 0.00000385. The number of carbonyl (C=O) groups excluding carboxylic acids is 1. The minimum Gasteiger partial charge on any atom is -0.466 e. The van der Waals surface area contributed by atoms with Crippen LogP contribution in [-0.4, -0.2) is 92.6 Å². The second kappa shape index (κ2) is 15.5. The largest absolute Gasteiger partial charge is 0.466 e. The first-order chi connectivity index (χ1) is 15.7. The highest BCUT2D eigenvalue weighted by Gasteiger charge is 2.27. The van der Waals surface area contributed by atoms with Crippen LogP contribution in [0.25, 0.3) is 0 Å². The molecular formula is C25H42IN5O2. The van der Waals surface area contributed by atoms with Crippen LogP contribution in [0.2, 0.25) is 0 Å². The number of rotatable bonds is 9. The van der Waals surface area contributed by atoms with Gasteiger partial charge in [0.1, 0.15) is 0 Å². The Morgan fingerprint density at radius 3 is 2.33 bits per heavy atom. The fourth-order valence-corrected chi connectivity index (χ4v) is 4.59. The molecule has 2 heterocycles. The van der Waals surface area contributed by atoms with Crippen molar-refractivity contribution in [1.29, 1.82) is 0 Å². The average Bonchev–Trinajstić information content (AvgIpc) is 2.83. The highest BCUT2D eigenvalue weighted by Crippen LogP contribution is 2.18. The number of piperidine rings is 1. The van der Waals surface area contributed by atoms with Crippen LogP contribution in [0.5, 0.6) is 0 Å². The number of nitrogens with one attached hydrogen (secondary N) is 1. The van der Waals surface area contributed by atoms with Gasteiger partial charge in [-0.3, -0.25) is 14.7 Å². The van der Waals surface area contributed by atoms with Gasteiger partial charge in [0.05, 0.1) is 12.5 Å². The van der Waals surface area contributed by atoms with Crippen molar-refractivity contribution in [3.63, 3.8) is 0 Å². The molecule has 8 heteroatoms. The number of piperazine rings is 1. The Morgan fingerprint density at radius 1 is 1.03 bits per heavy atom. The Labute approximate surface area is 216 Å². The van der Waals surface area contributed by atoms with Gasteiger partial charge in [0.15, 0.2) is 5.96 Å². The molecule has 2 aliphatic heterocycles. The second-order valence-corrected chi connectivity index (χ2v) is 8.80. The number of hydrogen-bond donors (Lipinski definition) is 1. The summed E-state index contributed by atoms with van der Waals surface area (Å²) in [5.41, 5.74) is 1.41. The maximum absolute atomic E-state index is 11.9. The van der Waals surface area contributed by atoms with Gasteiger partial charge >= 0.3 is 5.97 Å². The van der Waals surface area contributed by atoms with E-state index in [-0.39, 0.29) is 35.9 Å². The third kappa shape index (κ3) is 9.41. The van der Waals surface area contributed by atoms with Crippen molar-refractivity contribution in [2.75, 3.05) is 66.0 Å². The maximum atomic E-state index is 11.9. The van der Waals surface area contributed by atoms with Gasteiger partial charge in [-0.25, -0.2) is 0 Å². The van der Waals surface area contributed by atoms with Crippen molar-refractivity contribution in [2.45, 2.75) is 39.2 Å². The molecule has 2 aliphatic rings. The van der Waals surface area contributed by atoms with Gasteiger partial charge in [-0.2, -0.15) is 0 Å². The van der Waals surface area contributed by atoms with E-state index in [2.05, 4.69) is 55.3 Å². The molecule has 186 valence electrons. The van der Waals surface area contributed by atoms with Crippen LogP contribution in [0.15, 0.2) is 35.3 Å². The fraction of sp³-hybridized carbons (Fsp3) is 0.680. The first-order valence-corrected chi connectivity index (χ1v) is 12.3. The standard InChI is InChI=1S/C25H41N5O2.HI/c1-3-32-24(31)23-11-15-30(16-12-23)25(26-2)27-13-7-8-14-28-17-19-29(20-18-28)21-22-9-5-4-6-10-22;/h4-6,9-10,23H,3,7-8,11-21H2,1-2H3,(H,26,27);1H. The van der Waals surface area contributed by atoms with Crippen molar-refractivity contribution < 1.29 is 9.53 Å². The van der Waals surface area contributed by atoms with Crippen LogP contribution in [0.1, 0.15) is 38.2 Å². The van der Waals surface area contributed by atoms with Crippen molar-refractivity contribution in [1.82, 2.24) is 20.0 Å². The predicted molar refractivity (Wildman–Crippen MR) is 145 cm³/mol. The quantitative estimate of drug-likeness (QED) is 0.162. The topological polar surface area (TPSA) is 60.4 Å². The number of nitrogens with zero attached hydrogens (tertiary/aromatic N) is 4. The zero-order valence-electron chi connectivity index (χ0n) is 20.4. The molecule has 0 amide bonds. The van der Waals surface area contributed by atoms with Crippen LogP contribution in [0, 0.1) is 5.92 Å². The molecule has 1 aromatic carbocycles. The van der Waals surface area contributed by atoms with E-state index in [4.69, 9.17) is 4.74 Å².